The number of rotatable bonds is 11. The summed E-state index contributed by atoms with van der Waals surface area (Å²) < 4.78 is 5.42. The number of nitrogens with zero attached hydrogens (tertiary/aromatic N) is 1. The van der Waals surface area contributed by atoms with Gasteiger partial charge in [0.2, 0.25) is 12.3 Å². The Balaban J connectivity index is 2.41. The Morgan fingerprint density at radius 3 is 2.61 bits per heavy atom. The fraction of sp³-hybridized carbons (Fsp3) is 0.556. The van der Waals surface area contributed by atoms with Gasteiger partial charge in [-0.15, -0.1) is 0 Å². The molecule has 0 radical (unpaired) electrons. The third kappa shape index (κ3) is 6.82. The molecule has 0 saturated heterocycles. The van der Waals surface area contributed by atoms with E-state index in [1.807, 2.05) is 44.2 Å². The van der Waals surface area contributed by atoms with Crippen molar-refractivity contribution >= 4 is 12.3 Å². The molecule has 0 bridgehead atoms. The van der Waals surface area contributed by atoms with Gasteiger partial charge in [-0.2, -0.15) is 0 Å². The summed E-state index contributed by atoms with van der Waals surface area (Å²) in [5.74, 6) is -0.0537. The van der Waals surface area contributed by atoms with Crippen molar-refractivity contribution in [3.8, 4) is 0 Å². The second kappa shape index (κ2) is 10.8. The smallest absolute Gasteiger partial charge is 0.222 e. The van der Waals surface area contributed by atoms with E-state index in [-0.39, 0.29) is 24.5 Å². The van der Waals surface area contributed by atoms with Crippen LogP contribution in [0.5, 0.6) is 0 Å². The summed E-state index contributed by atoms with van der Waals surface area (Å²) in [6.45, 7) is 5.19. The molecule has 1 aromatic carbocycles. The maximum Gasteiger partial charge on any atom is 0.222 e. The van der Waals surface area contributed by atoms with Crippen LogP contribution in [0.2, 0.25) is 0 Å². The van der Waals surface area contributed by atoms with Gasteiger partial charge in [0.15, 0.2) is 0 Å². The van der Waals surface area contributed by atoms with Gasteiger partial charge < -0.3 is 15.0 Å². The van der Waals surface area contributed by atoms with Crippen LogP contribution in [0.25, 0.3) is 0 Å². The van der Waals surface area contributed by atoms with Crippen molar-refractivity contribution in [2.24, 2.45) is 0 Å². The molecule has 1 N–H and O–H groups in total. The number of hydrogen-bond acceptors (Lipinski definition) is 3. The van der Waals surface area contributed by atoms with E-state index in [0.29, 0.717) is 13.1 Å². The molecule has 0 aliphatic heterocycles. The Kier molecular flexibility index (Phi) is 8.98. The quantitative estimate of drug-likeness (QED) is 0.635. The van der Waals surface area contributed by atoms with Crippen LogP contribution in [-0.2, 0) is 20.7 Å². The molecule has 0 spiro atoms. The molecular weight excluding hydrogens is 292 g/mol. The molecule has 5 heteroatoms. The molecule has 2 amide bonds. The molecule has 0 aliphatic carbocycles. The van der Waals surface area contributed by atoms with E-state index >= 15 is 0 Å². The zero-order valence-electron chi connectivity index (χ0n) is 14.3. The van der Waals surface area contributed by atoms with Crippen LogP contribution in [0.15, 0.2) is 30.3 Å². The Bertz CT molecular complexity index is 465. The first kappa shape index (κ1) is 19.2. The van der Waals surface area contributed by atoms with Crippen molar-refractivity contribution < 1.29 is 14.3 Å². The third-order valence-electron chi connectivity index (χ3n) is 3.95. The molecule has 0 aliphatic rings. The van der Waals surface area contributed by atoms with Gasteiger partial charge in [-0.1, -0.05) is 37.3 Å². The average Bonchev–Trinajstić information content (AvgIpc) is 2.58. The number of carbonyl (C=O) groups excluding carboxylic acids is 2. The van der Waals surface area contributed by atoms with Crippen LogP contribution in [0.1, 0.15) is 32.3 Å². The second-order valence-electron chi connectivity index (χ2n) is 5.65. The normalized spacial score (nSPS) is 13.2. The first-order chi connectivity index (χ1) is 11.1. The number of carbonyl (C=O) groups is 2. The fourth-order valence-corrected chi connectivity index (χ4v) is 2.52. The molecule has 1 rings (SSSR count). The van der Waals surface area contributed by atoms with Crippen LogP contribution >= 0.6 is 0 Å². The van der Waals surface area contributed by atoms with Crippen molar-refractivity contribution in [3.63, 3.8) is 0 Å². The van der Waals surface area contributed by atoms with Gasteiger partial charge in [0.25, 0.3) is 0 Å². The number of methoxy groups -OCH3 is 1. The van der Waals surface area contributed by atoms with Gasteiger partial charge in [0.1, 0.15) is 0 Å². The molecule has 23 heavy (non-hydrogen) atoms. The minimum absolute atomic E-state index is 0.0537. The molecule has 5 nitrogen and oxygen atoms in total. The zero-order valence-corrected chi connectivity index (χ0v) is 14.3. The summed E-state index contributed by atoms with van der Waals surface area (Å²) in [5, 5.41) is 2.91. The van der Waals surface area contributed by atoms with E-state index < -0.39 is 0 Å². The molecule has 0 fully saturated rings. The van der Waals surface area contributed by atoms with Crippen molar-refractivity contribution in [2.45, 2.75) is 45.3 Å². The number of ether oxygens (including phenoxy) is 1. The molecule has 0 heterocycles. The van der Waals surface area contributed by atoms with Crippen LogP contribution < -0.4 is 5.32 Å². The highest BCUT2D eigenvalue weighted by Crippen LogP contribution is 2.10. The minimum Gasteiger partial charge on any atom is -0.379 e. The van der Waals surface area contributed by atoms with Crippen molar-refractivity contribution in [3.05, 3.63) is 35.9 Å². The van der Waals surface area contributed by atoms with Crippen LogP contribution in [0.3, 0.4) is 0 Å². The second-order valence-corrected chi connectivity index (χ2v) is 5.65. The largest absolute Gasteiger partial charge is 0.379 e. The maximum atomic E-state index is 12.1. The zero-order chi connectivity index (χ0) is 17.1. The van der Waals surface area contributed by atoms with E-state index in [1.165, 1.54) is 5.56 Å². The SMILES string of the molecule is CCCN(C=O)C(C)C(CC(=O)NCCc1ccccc1)OC. The Morgan fingerprint density at radius 1 is 1.35 bits per heavy atom. The highest BCUT2D eigenvalue weighted by atomic mass is 16.5. The Labute approximate surface area is 139 Å². The highest BCUT2D eigenvalue weighted by Gasteiger charge is 2.24. The summed E-state index contributed by atoms with van der Waals surface area (Å²) in [7, 11) is 1.58. The van der Waals surface area contributed by atoms with Crippen LogP contribution in [0, 0.1) is 0 Å². The van der Waals surface area contributed by atoms with Crippen molar-refractivity contribution in [2.75, 3.05) is 20.2 Å². The first-order valence-electron chi connectivity index (χ1n) is 8.16. The lowest BCUT2D eigenvalue weighted by molar-refractivity contribution is -0.129. The summed E-state index contributed by atoms with van der Waals surface area (Å²) in [4.78, 5) is 24.9. The van der Waals surface area contributed by atoms with Crippen molar-refractivity contribution in [1.29, 1.82) is 0 Å². The number of amides is 2. The van der Waals surface area contributed by atoms with Gasteiger partial charge in [0.05, 0.1) is 18.6 Å². The van der Waals surface area contributed by atoms with Crippen LogP contribution in [0.4, 0.5) is 0 Å². The van der Waals surface area contributed by atoms with Gasteiger partial charge in [-0.05, 0) is 25.3 Å². The van der Waals surface area contributed by atoms with Crippen LogP contribution in [-0.4, -0.2) is 49.6 Å². The topological polar surface area (TPSA) is 58.6 Å². The lowest BCUT2D eigenvalue weighted by atomic mass is 10.1. The number of hydrogen-bond donors (Lipinski definition) is 1. The minimum atomic E-state index is -0.302. The summed E-state index contributed by atoms with van der Waals surface area (Å²) in [6.07, 6.45) is 2.45. The molecule has 2 atom stereocenters. The summed E-state index contributed by atoms with van der Waals surface area (Å²) in [5.41, 5.74) is 1.19. The lowest BCUT2D eigenvalue weighted by Crippen LogP contribution is -2.44. The van der Waals surface area contributed by atoms with E-state index in [1.54, 1.807) is 12.0 Å². The predicted octanol–water partition coefficient (Wildman–Crippen LogP) is 2.01. The first-order valence-corrected chi connectivity index (χ1v) is 8.16. The van der Waals surface area contributed by atoms with Gasteiger partial charge in [0, 0.05) is 20.2 Å². The fourth-order valence-electron chi connectivity index (χ4n) is 2.52. The van der Waals surface area contributed by atoms with E-state index in [9.17, 15) is 9.59 Å². The molecule has 0 aromatic heterocycles. The molecule has 0 saturated carbocycles. The Morgan fingerprint density at radius 2 is 2.04 bits per heavy atom. The van der Waals surface area contributed by atoms with Gasteiger partial charge >= 0.3 is 0 Å². The molecule has 1 aromatic rings. The predicted molar refractivity (Wildman–Crippen MR) is 91.1 cm³/mol. The molecule has 128 valence electrons. The lowest BCUT2D eigenvalue weighted by Gasteiger charge is -2.30. The maximum absolute atomic E-state index is 12.1. The highest BCUT2D eigenvalue weighted by molar-refractivity contribution is 5.76. The number of benzene rings is 1. The van der Waals surface area contributed by atoms with E-state index in [0.717, 1.165) is 19.3 Å². The Hall–Kier alpha value is -1.88. The molecule has 2 unspecified atom stereocenters. The monoisotopic (exact) mass is 320 g/mol. The average molecular weight is 320 g/mol. The van der Waals surface area contributed by atoms with Gasteiger partial charge in [-0.25, -0.2) is 0 Å². The standard InChI is InChI=1S/C18H28N2O3/c1-4-12-20(14-21)15(2)17(23-3)13-18(22)19-11-10-16-8-6-5-7-9-16/h5-9,14-15,17H,4,10-13H2,1-3H3,(H,19,22). The van der Waals surface area contributed by atoms with E-state index in [4.69, 9.17) is 4.74 Å². The third-order valence-corrected chi connectivity index (χ3v) is 3.95. The summed E-state index contributed by atoms with van der Waals surface area (Å²) >= 11 is 0. The molecular formula is C18H28N2O3. The number of nitrogens with one attached hydrogen (secondary N) is 1. The van der Waals surface area contributed by atoms with Gasteiger partial charge in [-0.3, -0.25) is 9.59 Å². The van der Waals surface area contributed by atoms with Crippen molar-refractivity contribution in [1.82, 2.24) is 10.2 Å². The summed E-state index contributed by atoms with van der Waals surface area (Å²) in [6, 6.07) is 9.90. The van der Waals surface area contributed by atoms with E-state index in [2.05, 4.69) is 5.32 Å².